The van der Waals surface area contributed by atoms with Gasteiger partial charge in [-0.1, -0.05) is 25.1 Å². The van der Waals surface area contributed by atoms with Gasteiger partial charge < -0.3 is 5.73 Å². The number of pyridine rings is 1. The van der Waals surface area contributed by atoms with Gasteiger partial charge in [0.25, 0.3) is 0 Å². The zero-order valence-corrected chi connectivity index (χ0v) is 9.20. The van der Waals surface area contributed by atoms with Crippen LogP contribution in [0.4, 0.5) is 0 Å². The third-order valence-electron chi connectivity index (χ3n) is 3.03. The van der Waals surface area contributed by atoms with E-state index in [-0.39, 0.29) is 5.54 Å². The molecule has 0 amide bonds. The first kappa shape index (κ1) is 10.1. The molecule has 0 spiro atoms. The van der Waals surface area contributed by atoms with Crippen molar-refractivity contribution in [1.29, 1.82) is 0 Å². The summed E-state index contributed by atoms with van der Waals surface area (Å²) in [7, 11) is 0. The van der Waals surface area contributed by atoms with Gasteiger partial charge >= 0.3 is 0 Å². The maximum atomic E-state index is 6.28. The van der Waals surface area contributed by atoms with Crippen LogP contribution in [0, 0.1) is 0 Å². The Balaban J connectivity index is 2.71. The Hall–Kier alpha value is -1.41. The highest BCUT2D eigenvalue weighted by atomic mass is 14.7. The molecule has 2 N–H and O–H groups in total. The number of aromatic nitrogens is 1. The highest BCUT2D eigenvalue weighted by molar-refractivity contribution is 5.85. The molecule has 2 heteroatoms. The van der Waals surface area contributed by atoms with Crippen molar-refractivity contribution < 1.29 is 0 Å². The first-order valence-electron chi connectivity index (χ1n) is 5.27. The second kappa shape index (κ2) is 3.63. The molecule has 1 unspecified atom stereocenters. The van der Waals surface area contributed by atoms with E-state index < -0.39 is 0 Å². The van der Waals surface area contributed by atoms with Crippen LogP contribution in [0.25, 0.3) is 10.8 Å². The largest absolute Gasteiger partial charge is 0.322 e. The fraction of sp³-hybridized carbons (Fsp3) is 0.308. The molecule has 78 valence electrons. The monoisotopic (exact) mass is 200 g/mol. The number of rotatable bonds is 2. The van der Waals surface area contributed by atoms with Crippen molar-refractivity contribution in [2.24, 2.45) is 5.73 Å². The third kappa shape index (κ3) is 1.73. The van der Waals surface area contributed by atoms with Crippen LogP contribution < -0.4 is 5.73 Å². The number of hydrogen-bond donors (Lipinski definition) is 1. The lowest BCUT2D eigenvalue weighted by Crippen LogP contribution is -2.32. The van der Waals surface area contributed by atoms with Crippen LogP contribution in [-0.2, 0) is 5.54 Å². The van der Waals surface area contributed by atoms with Crippen LogP contribution in [0.15, 0.2) is 36.7 Å². The standard InChI is InChI=1S/C13H16N2/c1-3-13(2,14)12-6-4-5-10-9-15-8-7-11(10)12/h4-9H,3,14H2,1-2H3. The summed E-state index contributed by atoms with van der Waals surface area (Å²) in [5.74, 6) is 0. The minimum absolute atomic E-state index is 0.263. The van der Waals surface area contributed by atoms with Crippen LogP contribution in [-0.4, -0.2) is 4.98 Å². The smallest absolute Gasteiger partial charge is 0.0384 e. The molecule has 0 fully saturated rings. The fourth-order valence-corrected chi connectivity index (χ4v) is 1.81. The van der Waals surface area contributed by atoms with E-state index in [2.05, 4.69) is 31.0 Å². The van der Waals surface area contributed by atoms with Crippen LogP contribution in [0.5, 0.6) is 0 Å². The minimum atomic E-state index is -0.263. The van der Waals surface area contributed by atoms with Gasteiger partial charge in [-0.05, 0) is 30.4 Å². The van der Waals surface area contributed by atoms with Crippen molar-refractivity contribution >= 4 is 10.8 Å². The molecule has 0 radical (unpaired) electrons. The van der Waals surface area contributed by atoms with Crippen molar-refractivity contribution in [3.63, 3.8) is 0 Å². The fourth-order valence-electron chi connectivity index (χ4n) is 1.81. The predicted octanol–water partition coefficient (Wildman–Crippen LogP) is 2.82. The summed E-state index contributed by atoms with van der Waals surface area (Å²) in [5, 5.41) is 2.36. The maximum Gasteiger partial charge on any atom is 0.0384 e. The van der Waals surface area contributed by atoms with Crippen LogP contribution >= 0.6 is 0 Å². The lowest BCUT2D eigenvalue weighted by molar-refractivity contribution is 0.480. The number of hydrogen-bond acceptors (Lipinski definition) is 2. The molecule has 0 bridgehead atoms. The van der Waals surface area contributed by atoms with Gasteiger partial charge in [0.15, 0.2) is 0 Å². The number of benzene rings is 1. The summed E-state index contributed by atoms with van der Waals surface area (Å²) in [5.41, 5.74) is 7.22. The molecule has 1 heterocycles. The Morgan fingerprint density at radius 2 is 2.13 bits per heavy atom. The molecule has 0 saturated carbocycles. The number of nitrogens with zero attached hydrogens (tertiary/aromatic N) is 1. The van der Waals surface area contributed by atoms with E-state index in [0.29, 0.717) is 0 Å². The minimum Gasteiger partial charge on any atom is -0.322 e. The molecule has 2 rings (SSSR count). The maximum absolute atomic E-state index is 6.28. The van der Waals surface area contributed by atoms with Gasteiger partial charge in [0.1, 0.15) is 0 Å². The molecule has 2 aromatic rings. The highest BCUT2D eigenvalue weighted by Gasteiger charge is 2.20. The molecule has 0 aliphatic rings. The quantitative estimate of drug-likeness (QED) is 0.809. The first-order chi connectivity index (χ1) is 7.15. The molecule has 1 aromatic heterocycles. The number of fused-ring (bicyclic) bond motifs is 1. The summed E-state index contributed by atoms with van der Waals surface area (Å²) in [6.45, 7) is 4.18. The van der Waals surface area contributed by atoms with Gasteiger partial charge in [0, 0.05) is 23.3 Å². The molecule has 0 saturated heterocycles. The van der Waals surface area contributed by atoms with Crippen LogP contribution in [0.1, 0.15) is 25.8 Å². The van der Waals surface area contributed by atoms with Crippen molar-refractivity contribution in [2.75, 3.05) is 0 Å². The zero-order chi connectivity index (χ0) is 10.9. The summed E-state index contributed by atoms with van der Waals surface area (Å²) in [4.78, 5) is 4.12. The van der Waals surface area contributed by atoms with Crippen molar-refractivity contribution in [3.05, 3.63) is 42.2 Å². The van der Waals surface area contributed by atoms with E-state index >= 15 is 0 Å². The molecule has 0 aliphatic heterocycles. The topological polar surface area (TPSA) is 38.9 Å². The van der Waals surface area contributed by atoms with Gasteiger partial charge in [0.05, 0.1) is 0 Å². The zero-order valence-electron chi connectivity index (χ0n) is 9.20. The summed E-state index contributed by atoms with van der Waals surface area (Å²) in [6.07, 6.45) is 4.62. The van der Waals surface area contributed by atoms with Gasteiger partial charge in [-0.15, -0.1) is 0 Å². The van der Waals surface area contributed by atoms with E-state index in [1.807, 2.05) is 24.5 Å². The van der Waals surface area contributed by atoms with Crippen LogP contribution in [0.2, 0.25) is 0 Å². The average molecular weight is 200 g/mol. The lowest BCUT2D eigenvalue weighted by atomic mass is 9.87. The Kier molecular flexibility index (Phi) is 2.45. The van der Waals surface area contributed by atoms with Gasteiger partial charge in [-0.3, -0.25) is 4.98 Å². The summed E-state index contributed by atoms with van der Waals surface area (Å²) < 4.78 is 0. The Bertz CT molecular complexity index is 469. The SMILES string of the molecule is CCC(C)(N)c1cccc2cnccc12. The van der Waals surface area contributed by atoms with E-state index in [0.717, 1.165) is 11.8 Å². The van der Waals surface area contributed by atoms with Crippen LogP contribution in [0.3, 0.4) is 0 Å². The molecule has 1 atom stereocenters. The normalized spacial score (nSPS) is 15.1. The van der Waals surface area contributed by atoms with E-state index in [1.54, 1.807) is 0 Å². The molecule has 0 aliphatic carbocycles. The average Bonchev–Trinajstić information content (AvgIpc) is 2.28. The Morgan fingerprint density at radius 1 is 1.33 bits per heavy atom. The second-order valence-electron chi connectivity index (χ2n) is 4.17. The van der Waals surface area contributed by atoms with Crippen molar-refractivity contribution in [2.45, 2.75) is 25.8 Å². The second-order valence-corrected chi connectivity index (χ2v) is 4.17. The molecular weight excluding hydrogens is 184 g/mol. The molecule has 2 nitrogen and oxygen atoms in total. The van der Waals surface area contributed by atoms with Gasteiger partial charge in [-0.2, -0.15) is 0 Å². The third-order valence-corrected chi connectivity index (χ3v) is 3.03. The van der Waals surface area contributed by atoms with Crippen molar-refractivity contribution in [1.82, 2.24) is 4.98 Å². The number of nitrogens with two attached hydrogens (primary N) is 1. The van der Waals surface area contributed by atoms with E-state index in [4.69, 9.17) is 5.73 Å². The van der Waals surface area contributed by atoms with Gasteiger partial charge in [0.2, 0.25) is 0 Å². The Morgan fingerprint density at radius 3 is 2.87 bits per heavy atom. The molecule has 15 heavy (non-hydrogen) atoms. The summed E-state index contributed by atoms with van der Waals surface area (Å²) >= 11 is 0. The van der Waals surface area contributed by atoms with Crippen molar-refractivity contribution in [3.8, 4) is 0 Å². The molecule has 1 aromatic carbocycles. The lowest BCUT2D eigenvalue weighted by Gasteiger charge is -2.24. The highest BCUT2D eigenvalue weighted by Crippen LogP contribution is 2.28. The van der Waals surface area contributed by atoms with Gasteiger partial charge in [-0.25, -0.2) is 0 Å². The molecular formula is C13H16N2. The van der Waals surface area contributed by atoms with E-state index in [9.17, 15) is 0 Å². The van der Waals surface area contributed by atoms with E-state index in [1.165, 1.54) is 10.9 Å². The first-order valence-corrected chi connectivity index (χ1v) is 5.27. The Labute approximate surface area is 90.1 Å². The summed E-state index contributed by atoms with van der Waals surface area (Å²) in [6, 6.07) is 8.25. The predicted molar refractivity (Wildman–Crippen MR) is 63.6 cm³/mol.